The van der Waals surface area contributed by atoms with Crippen LogP contribution >= 0.6 is 0 Å². The van der Waals surface area contributed by atoms with Crippen LogP contribution < -0.4 is 4.90 Å². The van der Waals surface area contributed by atoms with Crippen LogP contribution in [0.2, 0.25) is 0 Å². The van der Waals surface area contributed by atoms with Gasteiger partial charge < -0.3 is 4.90 Å². The van der Waals surface area contributed by atoms with Crippen molar-refractivity contribution < 1.29 is 0 Å². The van der Waals surface area contributed by atoms with E-state index in [-0.39, 0.29) is 0 Å². The summed E-state index contributed by atoms with van der Waals surface area (Å²) in [4.78, 5) is 8.83. The molecule has 0 saturated carbocycles. The van der Waals surface area contributed by atoms with Crippen LogP contribution in [0, 0.1) is 0 Å². The minimum absolute atomic E-state index is 0.778. The highest BCUT2D eigenvalue weighted by Crippen LogP contribution is 2.15. The third-order valence-electron chi connectivity index (χ3n) is 4.00. The molecule has 22 heavy (non-hydrogen) atoms. The maximum absolute atomic E-state index is 4.56. The van der Waals surface area contributed by atoms with Gasteiger partial charge in [0, 0.05) is 45.1 Å². The Balaban J connectivity index is 1.41. The Hall–Kier alpha value is -2.54. The van der Waals surface area contributed by atoms with Gasteiger partial charge in [0.25, 0.3) is 0 Å². The highest BCUT2D eigenvalue weighted by atomic mass is 15.4. The first-order chi connectivity index (χ1) is 10.9. The lowest BCUT2D eigenvalue weighted by atomic mass is 10.2. The lowest BCUT2D eigenvalue weighted by molar-refractivity contribution is 0.249. The van der Waals surface area contributed by atoms with Gasteiger partial charge >= 0.3 is 0 Å². The fourth-order valence-corrected chi connectivity index (χ4v) is 2.77. The Bertz CT molecular complexity index is 747. The molecule has 4 heterocycles. The molecule has 1 aliphatic heterocycles. The molecule has 0 radical (unpaired) electrons. The van der Waals surface area contributed by atoms with E-state index in [4.69, 9.17) is 0 Å². The average molecular weight is 295 g/mol. The topological polar surface area (TPSA) is 62.5 Å². The number of anilines is 1. The van der Waals surface area contributed by atoms with Gasteiger partial charge in [-0.1, -0.05) is 0 Å². The molecule has 0 atom stereocenters. The van der Waals surface area contributed by atoms with Crippen LogP contribution in [0.3, 0.4) is 0 Å². The third kappa shape index (κ3) is 2.62. The summed E-state index contributed by atoms with van der Waals surface area (Å²) in [6.07, 6.45) is 5.34. The zero-order valence-electron chi connectivity index (χ0n) is 12.2. The summed E-state index contributed by atoms with van der Waals surface area (Å²) < 4.78 is 1.72. The quantitative estimate of drug-likeness (QED) is 0.713. The number of hydrogen-bond acceptors (Lipinski definition) is 6. The van der Waals surface area contributed by atoms with Crippen molar-refractivity contribution in [3.05, 3.63) is 48.5 Å². The monoisotopic (exact) mass is 295 g/mol. The van der Waals surface area contributed by atoms with Crippen molar-refractivity contribution in [2.24, 2.45) is 0 Å². The second-order valence-electron chi connectivity index (χ2n) is 5.44. The molecule has 1 fully saturated rings. The first-order valence-corrected chi connectivity index (χ1v) is 7.42. The molecular formula is C15H17N7. The molecule has 7 heteroatoms. The van der Waals surface area contributed by atoms with Crippen molar-refractivity contribution in [2.45, 2.75) is 6.54 Å². The maximum atomic E-state index is 4.56. The van der Waals surface area contributed by atoms with E-state index in [0.717, 1.165) is 44.2 Å². The lowest BCUT2D eigenvalue weighted by Gasteiger charge is -2.35. The largest absolute Gasteiger partial charge is 0.353 e. The van der Waals surface area contributed by atoms with E-state index < -0.39 is 0 Å². The molecule has 0 N–H and O–H groups in total. The van der Waals surface area contributed by atoms with Gasteiger partial charge in [-0.15, -0.1) is 15.3 Å². The van der Waals surface area contributed by atoms with Crippen molar-refractivity contribution in [1.82, 2.24) is 29.7 Å². The van der Waals surface area contributed by atoms with Crippen LogP contribution in [0.4, 0.5) is 5.82 Å². The maximum Gasteiger partial charge on any atom is 0.177 e. The van der Waals surface area contributed by atoms with Crippen molar-refractivity contribution in [3.8, 4) is 0 Å². The normalized spacial score (nSPS) is 16.3. The number of fused-ring (bicyclic) bond motifs is 1. The molecular weight excluding hydrogens is 278 g/mol. The Morgan fingerprint density at radius 3 is 2.59 bits per heavy atom. The first-order valence-electron chi connectivity index (χ1n) is 7.42. The van der Waals surface area contributed by atoms with Crippen molar-refractivity contribution >= 4 is 11.5 Å². The van der Waals surface area contributed by atoms with Gasteiger partial charge in [-0.3, -0.25) is 9.88 Å². The summed E-state index contributed by atoms with van der Waals surface area (Å²) in [5.41, 5.74) is 2.09. The minimum atomic E-state index is 0.778. The summed E-state index contributed by atoms with van der Waals surface area (Å²) in [6, 6.07) is 8.13. The predicted octanol–water partition coefficient (Wildman–Crippen LogP) is 0.841. The van der Waals surface area contributed by atoms with Crippen LogP contribution in [-0.4, -0.2) is 55.9 Å². The highest BCUT2D eigenvalue weighted by Gasteiger charge is 2.18. The van der Waals surface area contributed by atoms with Gasteiger partial charge in [0.15, 0.2) is 5.65 Å². The summed E-state index contributed by atoms with van der Waals surface area (Å²) in [5.74, 6) is 0.982. The predicted molar refractivity (Wildman–Crippen MR) is 82.5 cm³/mol. The van der Waals surface area contributed by atoms with Crippen LogP contribution in [0.25, 0.3) is 5.65 Å². The second-order valence-corrected chi connectivity index (χ2v) is 5.44. The molecule has 1 saturated heterocycles. The van der Waals surface area contributed by atoms with Gasteiger partial charge in [0.1, 0.15) is 12.1 Å². The molecule has 0 spiro atoms. The summed E-state index contributed by atoms with van der Waals surface area (Å²) in [6.45, 7) is 5.00. The summed E-state index contributed by atoms with van der Waals surface area (Å²) >= 11 is 0. The van der Waals surface area contributed by atoms with E-state index in [2.05, 4.69) is 42.2 Å². The Kier molecular flexibility index (Phi) is 3.40. The van der Waals surface area contributed by atoms with E-state index in [1.54, 1.807) is 10.8 Å². The highest BCUT2D eigenvalue weighted by molar-refractivity contribution is 5.45. The van der Waals surface area contributed by atoms with Crippen molar-refractivity contribution in [1.29, 1.82) is 0 Å². The third-order valence-corrected chi connectivity index (χ3v) is 4.00. The Morgan fingerprint density at radius 2 is 1.77 bits per heavy atom. The van der Waals surface area contributed by atoms with Gasteiger partial charge in [0.05, 0.1) is 0 Å². The van der Waals surface area contributed by atoms with Crippen LogP contribution in [0.1, 0.15) is 5.56 Å². The zero-order chi connectivity index (χ0) is 14.8. The van der Waals surface area contributed by atoms with Gasteiger partial charge in [-0.05, 0) is 29.8 Å². The molecule has 0 aromatic carbocycles. The number of hydrogen-bond donors (Lipinski definition) is 0. The van der Waals surface area contributed by atoms with Crippen LogP contribution in [0.15, 0.2) is 43.0 Å². The molecule has 7 nitrogen and oxygen atoms in total. The van der Waals surface area contributed by atoms with Gasteiger partial charge in [-0.25, -0.2) is 0 Å². The van der Waals surface area contributed by atoms with Crippen molar-refractivity contribution in [2.75, 3.05) is 31.1 Å². The molecule has 3 aromatic rings. The van der Waals surface area contributed by atoms with E-state index in [1.807, 2.05) is 24.5 Å². The lowest BCUT2D eigenvalue weighted by Crippen LogP contribution is -2.46. The SMILES string of the molecule is c1cc(CN2CCN(c3ccc4nncn4n3)CC2)ccn1. The van der Waals surface area contributed by atoms with E-state index >= 15 is 0 Å². The minimum Gasteiger partial charge on any atom is -0.353 e. The number of piperazine rings is 1. The first kappa shape index (κ1) is 13.1. The molecule has 112 valence electrons. The fraction of sp³-hybridized carbons (Fsp3) is 0.333. The molecule has 0 bridgehead atoms. The number of nitrogens with zero attached hydrogens (tertiary/aromatic N) is 7. The smallest absolute Gasteiger partial charge is 0.177 e. The van der Waals surface area contributed by atoms with Gasteiger partial charge in [0.2, 0.25) is 0 Å². The Labute approximate surface area is 128 Å². The van der Waals surface area contributed by atoms with Crippen molar-refractivity contribution in [3.63, 3.8) is 0 Å². The zero-order valence-corrected chi connectivity index (χ0v) is 12.2. The van der Waals surface area contributed by atoms with Crippen LogP contribution in [-0.2, 0) is 6.54 Å². The molecule has 0 amide bonds. The summed E-state index contributed by atoms with van der Waals surface area (Å²) in [7, 11) is 0. The van der Waals surface area contributed by atoms with E-state index in [9.17, 15) is 0 Å². The molecule has 1 aliphatic rings. The van der Waals surface area contributed by atoms with E-state index in [1.165, 1.54) is 5.56 Å². The molecule has 4 rings (SSSR count). The van der Waals surface area contributed by atoms with E-state index in [0.29, 0.717) is 0 Å². The number of rotatable bonds is 3. The van der Waals surface area contributed by atoms with Gasteiger partial charge in [-0.2, -0.15) is 4.52 Å². The second kappa shape index (κ2) is 5.69. The average Bonchev–Trinajstić information content (AvgIpc) is 3.04. The Morgan fingerprint density at radius 1 is 0.955 bits per heavy atom. The molecule has 0 aliphatic carbocycles. The number of aromatic nitrogens is 5. The standard InChI is InChI=1S/C15H17N7/c1-2-15(19-22-12-17-18-14(1)22)21-9-7-20(8-10-21)11-13-3-5-16-6-4-13/h1-6,12H,7-11H2. The summed E-state index contributed by atoms with van der Waals surface area (Å²) in [5, 5.41) is 12.4. The number of pyridine rings is 1. The van der Waals surface area contributed by atoms with Crippen LogP contribution in [0.5, 0.6) is 0 Å². The fourth-order valence-electron chi connectivity index (χ4n) is 2.77. The molecule has 0 unspecified atom stereocenters. The molecule has 3 aromatic heterocycles.